The number of nitrogens with one attached hydrogen (secondary N) is 1. The zero-order valence-electron chi connectivity index (χ0n) is 10.2. The number of thiophene rings is 1. The fourth-order valence-corrected chi connectivity index (χ4v) is 3.40. The van der Waals surface area contributed by atoms with Gasteiger partial charge in [0.1, 0.15) is 5.75 Å². The minimum atomic E-state index is 0.317. The molecule has 4 heteroatoms. The fraction of sp³-hybridized carbons (Fsp3) is 0.286. The van der Waals surface area contributed by atoms with E-state index in [0.717, 1.165) is 16.8 Å². The summed E-state index contributed by atoms with van der Waals surface area (Å²) in [6.45, 7) is 3.06. The van der Waals surface area contributed by atoms with Crippen LogP contribution in [0.25, 0.3) is 0 Å². The maximum absolute atomic E-state index is 9.29. The lowest BCUT2D eigenvalue weighted by atomic mass is 10.0. The zero-order valence-corrected chi connectivity index (χ0v) is 12.6. The van der Waals surface area contributed by atoms with Gasteiger partial charge in [0.15, 0.2) is 0 Å². The molecule has 1 aromatic heterocycles. The molecule has 0 fully saturated rings. The Morgan fingerprint density at radius 2 is 1.94 bits per heavy atom. The average Bonchev–Trinajstić information content (AvgIpc) is 2.78. The smallest absolute Gasteiger partial charge is 0.115 e. The highest BCUT2D eigenvalue weighted by molar-refractivity contribution is 9.11. The van der Waals surface area contributed by atoms with Crippen molar-refractivity contribution in [1.82, 2.24) is 5.32 Å². The Morgan fingerprint density at radius 3 is 2.50 bits per heavy atom. The summed E-state index contributed by atoms with van der Waals surface area (Å²) < 4.78 is 1.16. The molecule has 0 saturated carbocycles. The van der Waals surface area contributed by atoms with Crippen molar-refractivity contribution in [2.75, 3.05) is 6.54 Å². The Hall–Kier alpha value is -0.840. The quantitative estimate of drug-likeness (QED) is 0.867. The average molecular weight is 326 g/mol. The van der Waals surface area contributed by atoms with Crippen LogP contribution >= 0.6 is 27.3 Å². The van der Waals surface area contributed by atoms with Crippen molar-refractivity contribution in [2.45, 2.75) is 19.4 Å². The van der Waals surface area contributed by atoms with E-state index >= 15 is 0 Å². The van der Waals surface area contributed by atoms with Gasteiger partial charge in [-0.15, -0.1) is 11.3 Å². The van der Waals surface area contributed by atoms with Crippen LogP contribution in [0.5, 0.6) is 5.75 Å². The third kappa shape index (κ3) is 3.57. The van der Waals surface area contributed by atoms with Crippen LogP contribution < -0.4 is 5.32 Å². The van der Waals surface area contributed by atoms with Crippen molar-refractivity contribution in [1.29, 1.82) is 0 Å². The number of hydrogen-bond acceptors (Lipinski definition) is 3. The van der Waals surface area contributed by atoms with Gasteiger partial charge >= 0.3 is 0 Å². The number of aromatic hydroxyl groups is 1. The number of benzene rings is 1. The Bertz CT molecular complexity index is 495. The lowest BCUT2D eigenvalue weighted by molar-refractivity contribution is 0.474. The van der Waals surface area contributed by atoms with E-state index in [0.29, 0.717) is 11.8 Å². The summed E-state index contributed by atoms with van der Waals surface area (Å²) in [6.07, 6.45) is 0.932. The first-order chi connectivity index (χ1) is 8.69. The van der Waals surface area contributed by atoms with Crippen molar-refractivity contribution in [2.24, 2.45) is 0 Å². The Balaban J connectivity index is 2.13. The largest absolute Gasteiger partial charge is 0.508 e. The highest BCUT2D eigenvalue weighted by Gasteiger charge is 2.13. The molecule has 96 valence electrons. The van der Waals surface area contributed by atoms with Gasteiger partial charge in [0.25, 0.3) is 0 Å². The first-order valence-corrected chi connectivity index (χ1v) is 7.56. The number of hydrogen-bond donors (Lipinski definition) is 2. The first-order valence-electron chi connectivity index (χ1n) is 5.95. The number of rotatable bonds is 5. The number of halogens is 1. The summed E-state index contributed by atoms with van der Waals surface area (Å²) in [6, 6.07) is 12.0. The van der Waals surface area contributed by atoms with Crippen molar-refractivity contribution in [3.05, 3.63) is 50.6 Å². The highest BCUT2D eigenvalue weighted by Crippen LogP contribution is 2.29. The van der Waals surface area contributed by atoms with Crippen molar-refractivity contribution in [3.63, 3.8) is 0 Å². The van der Waals surface area contributed by atoms with Crippen LogP contribution in [0.2, 0.25) is 0 Å². The van der Waals surface area contributed by atoms with Gasteiger partial charge in [-0.2, -0.15) is 0 Å². The van der Waals surface area contributed by atoms with Crippen LogP contribution in [0, 0.1) is 0 Å². The van der Waals surface area contributed by atoms with E-state index in [9.17, 15) is 5.11 Å². The van der Waals surface area contributed by atoms with Crippen LogP contribution in [-0.2, 0) is 6.42 Å². The minimum absolute atomic E-state index is 0.317. The normalized spacial score (nSPS) is 12.6. The molecule has 18 heavy (non-hydrogen) atoms. The summed E-state index contributed by atoms with van der Waals surface area (Å²) >= 11 is 5.27. The molecule has 2 aromatic rings. The second-order valence-corrected chi connectivity index (χ2v) is 6.62. The molecule has 0 bridgehead atoms. The second-order valence-electron chi connectivity index (χ2n) is 4.12. The van der Waals surface area contributed by atoms with Gasteiger partial charge in [-0.1, -0.05) is 19.1 Å². The van der Waals surface area contributed by atoms with E-state index in [1.54, 1.807) is 23.5 Å². The van der Waals surface area contributed by atoms with Crippen LogP contribution in [0.1, 0.15) is 23.4 Å². The van der Waals surface area contributed by atoms with E-state index < -0.39 is 0 Å². The van der Waals surface area contributed by atoms with Crippen molar-refractivity contribution in [3.8, 4) is 5.75 Å². The predicted molar refractivity (Wildman–Crippen MR) is 80.2 cm³/mol. The molecule has 0 aliphatic heterocycles. The van der Waals surface area contributed by atoms with Gasteiger partial charge in [0.05, 0.1) is 3.79 Å². The molecule has 1 atom stereocenters. The van der Waals surface area contributed by atoms with E-state index in [4.69, 9.17) is 0 Å². The van der Waals surface area contributed by atoms with Gasteiger partial charge in [0.2, 0.25) is 0 Å². The fourth-order valence-electron chi connectivity index (χ4n) is 1.90. The molecule has 0 radical (unpaired) electrons. The maximum atomic E-state index is 9.29. The second kappa shape index (κ2) is 6.36. The summed E-state index contributed by atoms with van der Waals surface area (Å²) in [4.78, 5) is 1.33. The molecule has 1 aromatic carbocycles. The summed E-state index contributed by atoms with van der Waals surface area (Å²) in [5.74, 6) is 0.317. The molecule has 0 aliphatic rings. The van der Waals surface area contributed by atoms with Crippen LogP contribution in [0.4, 0.5) is 0 Å². The SMILES string of the molecule is CCNC(Cc1ccc(O)cc1)c1ccc(Br)s1. The molecule has 0 amide bonds. The molecule has 2 nitrogen and oxygen atoms in total. The molecule has 0 saturated heterocycles. The molecule has 0 aliphatic carbocycles. The van der Waals surface area contributed by atoms with Crippen LogP contribution in [0.3, 0.4) is 0 Å². The van der Waals surface area contributed by atoms with Gasteiger partial charge in [-0.25, -0.2) is 0 Å². The van der Waals surface area contributed by atoms with Crippen molar-refractivity contribution < 1.29 is 5.11 Å². The Labute approximate surface area is 120 Å². The van der Waals surface area contributed by atoms with E-state index in [1.807, 2.05) is 12.1 Å². The number of phenolic OH excluding ortho intramolecular Hbond substituents is 1. The van der Waals surface area contributed by atoms with Gasteiger partial charge in [-0.3, -0.25) is 0 Å². The molecular formula is C14H16BrNOS. The predicted octanol–water partition coefficient (Wildman–Crippen LogP) is 4.11. The standard InChI is InChI=1S/C14H16BrNOS/c1-2-16-12(13-7-8-14(15)18-13)9-10-3-5-11(17)6-4-10/h3-8,12,16-17H,2,9H2,1H3. The lowest BCUT2D eigenvalue weighted by Crippen LogP contribution is -2.22. The third-order valence-corrected chi connectivity index (χ3v) is 4.50. The summed E-state index contributed by atoms with van der Waals surface area (Å²) in [5, 5.41) is 12.8. The summed E-state index contributed by atoms with van der Waals surface area (Å²) in [5.41, 5.74) is 1.23. The van der Waals surface area contributed by atoms with Crippen LogP contribution in [-0.4, -0.2) is 11.7 Å². The topological polar surface area (TPSA) is 32.3 Å². The van der Waals surface area contributed by atoms with Crippen molar-refractivity contribution >= 4 is 27.3 Å². The molecule has 2 N–H and O–H groups in total. The molecule has 0 spiro atoms. The number of phenols is 1. The third-order valence-electron chi connectivity index (χ3n) is 2.76. The van der Waals surface area contributed by atoms with E-state index in [1.165, 1.54) is 10.4 Å². The Kier molecular flexibility index (Phi) is 4.80. The van der Waals surface area contributed by atoms with Gasteiger partial charge in [-0.05, 0) is 58.7 Å². The Morgan fingerprint density at radius 1 is 1.22 bits per heavy atom. The highest BCUT2D eigenvalue weighted by atomic mass is 79.9. The maximum Gasteiger partial charge on any atom is 0.115 e. The first kappa shape index (κ1) is 13.6. The van der Waals surface area contributed by atoms with Gasteiger partial charge < -0.3 is 10.4 Å². The zero-order chi connectivity index (χ0) is 13.0. The molecule has 1 heterocycles. The molecular weight excluding hydrogens is 310 g/mol. The summed E-state index contributed by atoms with van der Waals surface area (Å²) in [7, 11) is 0. The molecule has 2 rings (SSSR count). The number of likely N-dealkylation sites (N-methyl/N-ethyl adjacent to an activating group) is 1. The molecule has 1 unspecified atom stereocenters. The lowest BCUT2D eigenvalue weighted by Gasteiger charge is -2.16. The van der Waals surface area contributed by atoms with Crippen LogP contribution in [0.15, 0.2) is 40.2 Å². The monoisotopic (exact) mass is 325 g/mol. The van der Waals surface area contributed by atoms with E-state index in [-0.39, 0.29) is 0 Å². The van der Waals surface area contributed by atoms with Gasteiger partial charge in [0, 0.05) is 10.9 Å². The minimum Gasteiger partial charge on any atom is -0.508 e. The van der Waals surface area contributed by atoms with E-state index in [2.05, 4.69) is 40.3 Å².